The van der Waals surface area contributed by atoms with Gasteiger partial charge in [-0.2, -0.15) is 0 Å². The standard InChI is InChI=1S/2C12H14NO5.Cu/c2*1-2-17-12(16)18-9-5-3-8(4-6-9)7-10(13)11(14)15;/h2*3-6,10,13H,2,7H2,1H3,(H,14,15);/q2*-1;+2/p-2. The molecule has 2 aromatic carbocycles. The first-order valence-electron chi connectivity index (χ1n) is 10.8. The van der Waals surface area contributed by atoms with Crippen LogP contribution in [0.25, 0.3) is 11.5 Å². The van der Waals surface area contributed by atoms with Crippen LogP contribution in [-0.4, -0.2) is 49.5 Å². The largest absolute Gasteiger partial charge is 2.00 e. The molecule has 2 unspecified atom stereocenters. The van der Waals surface area contributed by atoms with Crippen LogP contribution in [0.2, 0.25) is 0 Å². The Morgan fingerprint density at radius 2 is 0.973 bits per heavy atom. The zero-order valence-electron chi connectivity index (χ0n) is 20.0. The van der Waals surface area contributed by atoms with E-state index >= 15 is 0 Å². The molecule has 2 atom stereocenters. The zero-order chi connectivity index (χ0) is 27.1. The fourth-order valence-electron chi connectivity index (χ4n) is 2.51. The molecule has 0 saturated carbocycles. The first kappa shape index (κ1) is 33.4. The molecule has 1 radical (unpaired) electrons. The SMILES string of the molecule is CCOC(=O)Oc1ccc(CC([NH-])C(=O)[O-])cc1.CCOC(=O)Oc1ccc(CC([NH-])C(=O)[O-])cc1.[Cu+2]. The number of rotatable bonds is 10. The number of benzene rings is 2. The molecule has 2 aromatic rings. The molecule has 2 rings (SSSR count). The molecule has 0 aliphatic carbocycles. The molecule has 0 aromatic heterocycles. The van der Waals surface area contributed by atoms with Crippen molar-refractivity contribution in [1.82, 2.24) is 0 Å². The number of hydrogen-bond donors (Lipinski definition) is 0. The van der Waals surface area contributed by atoms with E-state index in [4.69, 9.17) is 20.9 Å². The van der Waals surface area contributed by atoms with Crippen molar-refractivity contribution in [3.05, 3.63) is 71.1 Å². The molecule has 37 heavy (non-hydrogen) atoms. The zero-order valence-corrected chi connectivity index (χ0v) is 20.9. The maximum atomic E-state index is 11.0. The van der Waals surface area contributed by atoms with Crippen molar-refractivity contribution < 1.29 is 65.4 Å². The Hall–Kier alpha value is -3.64. The van der Waals surface area contributed by atoms with Gasteiger partial charge in [-0.3, -0.25) is 0 Å². The second kappa shape index (κ2) is 17.7. The van der Waals surface area contributed by atoms with Gasteiger partial charge in [0.2, 0.25) is 0 Å². The minimum atomic E-state index is -1.41. The number of aliphatic carboxylic acids is 2. The van der Waals surface area contributed by atoms with E-state index in [1.165, 1.54) is 24.3 Å². The summed E-state index contributed by atoms with van der Waals surface area (Å²) in [6.45, 7) is 3.78. The van der Waals surface area contributed by atoms with E-state index in [-0.39, 0.29) is 43.1 Å². The predicted octanol–water partition coefficient (Wildman–Crippen LogP) is 1.87. The van der Waals surface area contributed by atoms with Crippen LogP contribution in [0.3, 0.4) is 0 Å². The molecule has 0 aliphatic rings. The van der Waals surface area contributed by atoms with Crippen LogP contribution in [0.4, 0.5) is 9.59 Å². The number of carbonyl (C=O) groups excluding carboxylic acids is 4. The van der Waals surface area contributed by atoms with Crippen LogP contribution in [-0.2, 0) is 49.0 Å². The molecule has 0 aliphatic heterocycles. The summed E-state index contributed by atoms with van der Waals surface area (Å²) in [5, 5.41) is 20.8. The number of hydrogen-bond acceptors (Lipinski definition) is 10. The van der Waals surface area contributed by atoms with Gasteiger partial charge in [-0.1, -0.05) is 36.3 Å². The molecular weight excluding hydrogens is 540 g/mol. The number of carboxylic acids is 2. The maximum Gasteiger partial charge on any atom is 2.00 e. The Kier molecular flexibility index (Phi) is 16.0. The van der Waals surface area contributed by atoms with Crippen molar-refractivity contribution in [2.24, 2.45) is 0 Å². The average molecular weight is 566 g/mol. The molecule has 12 nitrogen and oxygen atoms in total. The summed E-state index contributed by atoms with van der Waals surface area (Å²) in [6, 6.07) is 9.75. The molecule has 0 amide bonds. The van der Waals surface area contributed by atoms with E-state index in [0.29, 0.717) is 22.6 Å². The van der Waals surface area contributed by atoms with Crippen molar-refractivity contribution in [3.63, 3.8) is 0 Å². The minimum Gasteiger partial charge on any atom is -0.670 e. The van der Waals surface area contributed by atoms with Crippen molar-refractivity contribution in [2.75, 3.05) is 13.2 Å². The Morgan fingerprint density at radius 3 is 1.22 bits per heavy atom. The molecule has 205 valence electrons. The van der Waals surface area contributed by atoms with E-state index < -0.39 is 36.3 Å². The number of ether oxygens (including phenoxy) is 4. The van der Waals surface area contributed by atoms with Crippen molar-refractivity contribution in [2.45, 2.75) is 38.8 Å². The normalized spacial score (nSPS) is 11.4. The van der Waals surface area contributed by atoms with Crippen LogP contribution in [0.1, 0.15) is 25.0 Å². The topological polar surface area (TPSA) is 199 Å². The summed E-state index contributed by atoms with van der Waals surface area (Å²) in [7, 11) is 0. The molecule has 13 heteroatoms. The van der Waals surface area contributed by atoms with Gasteiger partial charge < -0.3 is 50.2 Å². The number of nitrogens with one attached hydrogen (secondary N) is 2. The van der Waals surface area contributed by atoms with E-state index in [0.717, 1.165) is 0 Å². The van der Waals surface area contributed by atoms with E-state index in [2.05, 4.69) is 9.47 Å². The van der Waals surface area contributed by atoms with Crippen LogP contribution >= 0.6 is 0 Å². The second-order valence-corrected chi connectivity index (χ2v) is 7.01. The van der Waals surface area contributed by atoms with Gasteiger partial charge in [0.05, 0.1) is 13.2 Å². The molecule has 2 N–H and O–H groups in total. The fourth-order valence-corrected chi connectivity index (χ4v) is 2.51. The predicted molar refractivity (Wildman–Crippen MR) is 122 cm³/mol. The summed E-state index contributed by atoms with van der Waals surface area (Å²) in [4.78, 5) is 42.8. The van der Waals surface area contributed by atoms with Crippen molar-refractivity contribution in [3.8, 4) is 11.5 Å². The van der Waals surface area contributed by atoms with Crippen LogP contribution in [0.5, 0.6) is 11.5 Å². The number of carboxylic acid groups (broad SMARTS) is 2. The van der Waals surface area contributed by atoms with Gasteiger partial charge in [0.25, 0.3) is 0 Å². The minimum absolute atomic E-state index is 0. The van der Waals surface area contributed by atoms with Crippen LogP contribution in [0.15, 0.2) is 48.5 Å². The van der Waals surface area contributed by atoms with E-state index in [1.54, 1.807) is 38.1 Å². The van der Waals surface area contributed by atoms with Gasteiger partial charge in [0, 0.05) is 11.9 Å². The molecular formula is C24H26CuN2O10-2. The van der Waals surface area contributed by atoms with Gasteiger partial charge in [-0.25, -0.2) is 9.59 Å². The Morgan fingerprint density at radius 1 is 0.676 bits per heavy atom. The average Bonchev–Trinajstić information content (AvgIpc) is 2.82. The van der Waals surface area contributed by atoms with Crippen LogP contribution in [0, 0.1) is 0 Å². The van der Waals surface area contributed by atoms with Gasteiger partial charge >= 0.3 is 29.4 Å². The van der Waals surface area contributed by atoms with Gasteiger partial charge in [-0.05, 0) is 62.1 Å². The quantitative estimate of drug-likeness (QED) is 0.232. The third-order valence-corrected chi connectivity index (χ3v) is 4.22. The van der Waals surface area contributed by atoms with Crippen molar-refractivity contribution >= 4 is 24.2 Å². The summed E-state index contributed by atoms with van der Waals surface area (Å²) in [5.74, 6) is -2.23. The first-order chi connectivity index (χ1) is 17.0. The summed E-state index contributed by atoms with van der Waals surface area (Å²) in [5.41, 5.74) is 15.7. The smallest absolute Gasteiger partial charge is 0.670 e. The Bertz CT molecular complexity index is 918. The molecule has 0 fully saturated rings. The van der Waals surface area contributed by atoms with Gasteiger partial charge in [0.1, 0.15) is 11.5 Å². The fraction of sp³-hybridized carbons (Fsp3) is 0.333. The summed E-state index contributed by atoms with van der Waals surface area (Å²) >= 11 is 0. The van der Waals surface area contributed by atoms with Crippen molar-refractivity contribution in [1.29, 1.82) is 0 Å². The summed E-state index contributed by atoms with van der Waals surface area (Å²) < 4.78 is 18.8. The van der Waals surface area contributed by atoms with Crippen LogP contribution < -0.4 is 19.7 Å². The van der Waals surface area contributed by atoms with E-state index in [9.17, 15) is 29.4 Å². The monoisotopic (exact) mass is 565 g/mol. The third-order valence-electron chi connectivity index (χ3n) is 4.22. The Balaban J connectivity index is 0.000000682. The second-order valence-electron chi connectivity index (χ2n) is 7.01. The molecule has 0 heterocycles. The summed E-state index contributed by atoms with van der Waals surface area (Å²) in [6.07, 6.45) is -1.50. The third kappa shape index (κ3) is 13.9. The van der Waals surface area contributed by atoms with E-state index in [1.807, 2.05) is 0 Å². The molecule has 0 spiro atoms. The molecule has 0 bridgehead atoms. The van der Waals surface area contributed by atoms with Gasteiger partial charge in [-0.15, -0.1) is 0 Å². The first-order valence-corrected chi connectivity index (χ1v) is 10.8. The maximum absolute atomic E-state index is 11.0. The Labute approximate surface area is 224 Å². The van der Waals surface area contributed by atoms with Gasteiger partial charge in [0.15, 0.2) is 0 Å². The molecule has 0 saturated heterocycles. The number of carbonyl (C=O) groups is 4.